The minimum absolute atomic E-state index is 0.617. The summed E-state index contributed by atoms with van der Waals surface area (Å²) in [5.41, 5.74) is 3.05. The average molecular weight is 207 g/mol. The Hall–Kier alpha value is -0.720. The maximum absolute atomic E-state index is 2.46. The second kappa shape index (κ2) is 4.87. The van der Waals surface area contributed by atoms with E-state index < -0.39 is 0 Å². The number of hydrogen-bond acceptors (Lipinski definition) is 0. The second-order valence-corrected chi connectivity index (χ2v) is 5.13. The van der Waals surface area contributed by atoms with Gasteiger partial charge >= 0.3 is 0 Å². The molecule has 0 aliphatic rings. The summed E-state index contributed by atoms with van der Waals surface area (Å²) in [5, 5.41) is 0. The number of hydrogen-bond donors (Lipinski definition) is 0. The topological polar surface area (TPSA) is 4.93 Å². The first-order valence-electron chi connectivity index (χ1n) is 6.19. The van der Waals surface area contributed by atoms with Crippen LogP contribution >= 0.6 is 0 Å². The molecular formula is C14H25N. The number of rotatable bonds is 4. The second-order valence-electron chi connectivity index (χ2n) is 5.13. The highest BCUT2D eigenvalue weighted by Crippen LogP contribution is 2.30. The summed E-state index contributed by atoms with van der Waals surface area (Å²) < 4.78 is 2.46. The van der Waals surface area contributed by atoms with Gasteiger partial charge in [0.15, 0.2) is 0 Å². The highest BCUT2D eigenvalue weighted by Gasteiger charge is 2.17. The molecule has 0 aliphatic carbocycles. The maximum Gasteiger partial charge on any atom is 0.0302 e. The first-order chi connectivity index (χ1) is 6.99. The quantitative estimate of drug-likeness (QED) is 0.674. The lowest BCUT2D eigenvalue weighted by Gasteiger charge is -2.20. The van der Waals surface area contributed by atoms with E-state index in [-0.39, 0.29) is 0 Å². The van der Waals surface area contributed by atoms with Gasteiger partial charge in [0.1, 0.15) is 0 Å². The lowest BCUT2D eigenvalue weighted by molar-refractivity contribution is 0.501. The van der Waals surface area contributed by atoms with Crippen molar-refractivity contribution in [3.63, 3.8) is 0 Å². The van der Waals surface area contributed by atoms with E-state index in [1.165, 1.54) is 17.7 Å². The highest BCUT2D eigenvalue weighted by atomic mass is 15.0. The third kappa shape index (κ3) is 2.45. The Balaban J connectivity index is 3.18. The molecule has 1 heteroatoms. The minimum Gasteiger partial charge on any atom is -0.348 e. The zero-order chi connectivity index (χ0) is 11.6. The van der Waals surface area contributed by atoms with Crippen molar-refractivity contribution in [3.05, 3.63) is 23.5 Å². The number of aromatic nitrogens is 1. The highest BCUT2D eigenvalue weighted by molar-refractivity contribution is 5.28. The molecule has 1 aromatic rings. The monoisotopic (exact) mass is 207 g/mol. The Morgan fingerprint density at radius 2 is 1.67 bits per heavy atom. The largest absolute Gasteiger partial charge is 0.348 e. The SMILES string of the molecule is CCC(C)n1ccc(C(C)C)c1C(C)C. The van der Waals surface area contributed by atoms with E-state index in [9.17, 15) is 0 Å². The molecule has 0 aromatic carbocycles. The first kappa shape index (κ1) is 12.4. The molecule has 0 N–H and O–H groups in total. The maximum atomic E-state index is 2.46. The Bertz CT molecular complexity index is 307. The molecule has 0 saturated carbocycles. The van der Waals surface area contributed by atoms with Crippen molar-refractivity contribution in [1.82, 2.24) is 4.57 Å². The number of nitrogens with zero attached hydrogens (tertiary/aromatic N) is 1. The van der Waals surface area contributed by atoms with E-state index in [2.05, 4.69) is 58.4 Å². The van der Waals surface area contributed by atoms with Gasteiger partial charge in [-0.05, 0) is 36.8 Å². The molecule has 1 unspecified atom stereocenters. The molecule has 1 aromatic heterocycles. The van der Waals surface area contributed by atoms with Gasteiger partial charge in [0.2, 0.25) is 0 Å². The summed E-state index contributed by atoms with van der Waals surface area (Å²) in [6, 6.07) is 2.92. The molecule has 1 heterocycles. The van der Waals surface area contributed by atoms with E-state index in [0.717, 1.165) is 0 Å². The van der Waals surface area contributed by atoms with Gasteiger partial charge in [-0.15, -0.1) is 0 Å². The van der Waals surface area contributed by atoms with Gasteiger partial charge in [0.25, 0.3) is 0 Å². The molecule has 15 heavy (non-hydrogen) atoms. The van der Waals surface area contributed by atoms with Gasteiger partial charge in [-0.1, -0.05) is 34.6 Å². The van der Waals surface area contributed by atoms with Gasteiger partial charge < -0.3 is 4.57 Å². The molecule has 0 spiro atoms. The lowest BCUT2D eigenvalue weighted by atomic mass is 9.97. The minimum atomic E-state index is 0.617. The first-order valence-corrected chi connectivity index (χ1v) is 6.19. The fourth-order valence-electron chi connectivity index (χ4n) is 2.18. The van der Waals surface area contributed by atoms with E-state index in [4.69, 9.17) is 0 Å². The lowest BCUT2D eigenvalue weighted by Crippen LogP contribution is -2.10. The van der Waals surface area contributed by atoms with Crippen LogP contribution in [0, 0.1) is 0 Å². The fourth-order valence-corrected chi connectivity index (χ4v) is 2.18. The Morgan fingerprint density at radius 1 is 1.07 bits per heavy atom. The third-order valence-corrected chi connectivity index (χ3v) is 3.22. The van der Waals surface area contributed by atoms with Gasteiger partial charge in [-0.2, -0.15) is 0 Å². The van der Waals surface area contributed by atoms with E-state index in [0.29, 0.717) is 17.9 Å². The molecule has 86 valence electrons. The van der Waals surface area contributed by atoms with E-state index >= 15 is 0 Å². The normalized spacial score (nSPS) is 13.9. The molecule has 1 rings (SSSR count). The fraction of sp³-hybridized carbons (Fsp3) is 0.714. The summed E-state index contributed by atoms with van der Waals surface area (Å²) in [5.74, 6) is 1.25. The molecule has 0 fully saturated rings. The van der Waals surface area contributed by atoms with Crippen LogP contribution in [0.3, 0.4) is 0 Å². The molecule has 0 saturated heterocycles. The van der Waals surface area contributed by atoms with Crippen molar-refractivity contribution in [2.75, 3.05) is 0 Å². The molecule has 0 amide bonds. The third-order valence-electron chi connectivity index (χ3n) is 3.22. The standard InChI is InChI=1S/C14H25N/c1-7-12(6)15-9-8-13(10(2)3)14(15)11(4)5/h8-12H,7H2,1-6H3. The van der Waals surface area contributed by atoms with Crippen LogP contribution in [-0.2, 0) is 0 Å². The van der Waals surface area contributed by atoms with Crippen LogP contribution in [-0.4, -0.2) is 4.57 Å². The van der Waals surface area contributed by atoms with Crippen molar-refractivity contribution in [2.24, 2.45) is 0 Å². The summed E-state index contributed by atoms with van der Waals surface area (Å²) in [6.07, 6.45) is 3.46. The summed E-state index contributed by atoms with van der Waals surface area (Å²) >= 11 is 0. The van der Waals surface area contributed by atoms with Crippen molar-refractivity contribution in [3.8, 4) is 0 Å². The van der Waals surface area contributed by atoms with Gasteiger partial charge in [-0.25, -0.2) is 0 Å². The van der Waals surface area contributed by atoms with Crippen molar-refractivity contribution >= 4 is 0 Å². The summed E-state index contributed by atoms with van der Waals surface area (Å²) in [7, 11) is 0. The summed E-state index contributed by atoms with van der Waals surface area (Å²) in [6.45, 7) is 13.7. The molecule has 1 nitrogen and oxygen atoms in total. The van der Waals surface area contributed by atoms with Crippen molar-refractivity contribution < 1.29 is 0 Å². The Kier molecular flexibility index (Phi) is 4.01. The predicted molar refractivity (Wildman–Crippen MR) is 67.6 cm³/mol. The van der Waals surface area contributed by atoms with Gasteiger partial charge in [-0.3, -0.25) is 0 Å². The van der Waals surface area contributed by atoms with Gasteiger partial charge in [0, 0.05) is 17.9 Å². The van der Waals surface area contributed by atoms with Crippen LogP contribution in [0.25, 0.3) is 0 Å². The van der Waals surface area contributed by atoms with Crippen LogP contribution in [0.15, 0.2) is 12.3 Å². The summed E-state index contributed by atoms with van der Waals surface area (Å²) in [4.78, 5) is 0. The average Bonchev–Trinajstić information content (AvgIpc) is 2.60. The van der Waals surface area contributed by atoms with E-state index in [1.54, 1.807) is 0 Å². The van der Waals surface area contributed by atoms with Crippen LogP contribution in [0.5, 0.6) is 0 Å². The van der Waals surface area contributed by atoms with Crippen LogP contribution < -0.4 is 0 Å². The predicted octanol–water partition coefficient (Wildman–Crippen LogP) is 4.71. The van der Waals surface area contributed by atoms with E-state index in [1.807, 2.05) is 0 Å². The van der Waals surface area contributed by atoms with Crippen molar-refractivity contribution in [2.45, 2.75) is 65.8 Å². The zero-order valence-electron chi connectivity index (χ0n) is 11.0. The van der Waals surface area contributed by atoms with Gasteiger partial charge in [0.05, 0.1) is 0 Å². The molecule has 1 atom stereocenters. The van der Waals surface area contributed by atoms with Crippen LogP contribution in [0.2, 0.25) is 0 Å². The Morgan fingerprint density at radius 3 is 2.07 bits per heavy atom. The molecule has 0 radical (unpaired) electrons. The molecule has 0 bridgehead atoms. The Labute approximate surface area is 94.5 Å². The smallest absolute Gasteiger partial charge is 0.0302 e. The molecular weight excluding hydrogens is 182 g/mol. The van der Waals surface area contributed by atoms with Crippen LogP contribution in [0.4, 0.5) is 0 Å². The molecule has 0 aliphatic heterocycles. The zero-order valence-corrected chi connectivity index (χ0v) is 11.0. The van der Waals surface area contributed by atoms with Crippen LogP contribution in [0.1, 0.15) is 77.1 Å². The van der Waals surface area contributed by atoms with Crippen molar-refractivity contribution in [1.29, 1.82) is 0 Å².